The van der Waals surface area contributed by atoms with Crippen LogP contribution in [0.5, 0.6) is 0 Å². The van der Waals surface area contributed by atoms with Crippen molar-refractivity contribution in [3.63, 3.8) is 0 Å². The van der Waals surface area contributed by atoms with Gasteiger partial charge in [-0.3, -0.25) is 9.59 Å². The standard InChI is InChI=1S/C15H19BrN2O2S/c1-3-15(2)14(20)18(8-11-10(16)6-7-21-11)12(9-4-5-9)13(19)17-15/h6-7,9,12H,3-5,8H2,1-2H3,(H,17,19). The summed E-state index contributed by atoms with van der Waals surface area (Å²) in [6.07, 6.45) is 2.68. The number of piperazine rings is 1. The molecular weight excluding hydrogens is 352 g/mol. The van der Waals surface area contributed by atoms with Gasteiger partial charge in [0.2, 0.25) is 11.8 Å². The molecule has 2 unspecified atom stereocenters. The predicted octanol–water partition coefficient (Wildman–Crippen LogP) is 2.92. The molecule has 2 fully saturated rings. The zero-order chi connectivity index (χ0) is 15.2. The van der Waals surface area contributed by atoms with Crippen LogP contribution in [0.15, 0.2) is 15.9 Å². The molecule has 2 atom stereocenters. The van der Waals surface area contributed by atoms with Crippen LogP contribution in [0.3, 0.4) is 0 Å². The molecule has 1 saturated carbocycles. The van der Waals surface area contributed by atoms with Crippen molar-refractivity contribution in [2.75, 3.05) is 0 Å². The fourth-order valence-corrected chi connectivity index (χ4v) is 4.34. The maximum Gasteiger partial charge on any atom is 0.249 e. The lowest BCUT2D eigenvalue weighted by Crippen LogP contribution is -2.69. The third-order valence-electron chi connectivity index (χ3n) is 4.52. The van der Waals surface area contributed by atoms with Crippen molar-refractivity contribution < 1.29 is 9.59 Å². The molecule has 21 heavy (non-hydrogen) atoms. The molecule has 1 saturated heterocycles. The molecular formula is C15H19BrN2O2S. The van der Waals surface area contributed by atoms with E-state index in [1.165, 1.54) is 0 Å². The van der Waals surface area contributed by atoms with E-state index in [1.807, 2.05) is 25.3 Å². The Labute approximate surface area is 137 Å². The van der Waals surface area contributed by atoms with Gasteiger partial charge < -0.3 is 10.2 Å². The van der Waals surface area contributed by atoms with Crippen molar-refractivity contribution in [3.05, 3.63) is 20.8 Å². The minimum Gasteiger partial charge on any atom is -0.340 e. The Balaban J connectivity index is 1.92. The number of hydrogen-bond acceptors (Lipinski definition) is 3. The van der Waals surface area contributed by atoms with E-state index in [0.29, 0.717) is 18.9 Å². The van der Waals surface area contributed by atoms with E-state index in [2.05, 4.69) is 21.2 Å². The number of rotatable bonds is 4. The van der Waals surface area contributed by atoms with Gasteiger partial charge in [0.1, 0.15) is 11.6 Å². The first-order valence-electron chi connectivity index (χ1n) is 7.31. The van der Waals surface area contributed by atoms with Crippen LogP contribution >= 0.6 is 27.3 Å². The highest BCUT2D eigenvalue weighted by molar-refractivity contribution is 9.10. The topological polar surface area (TPSA) is 49.4 Å². The van der Waals surface area contributed by atoms with E-state index in [4.69, 9.17) is 0 Å². The van der Waals surface area contributed by atoms with Crippen molar-refractivity contribution in [3.8, 4) is 0 Å². The fourth-order valence-electron chi connectivity index (χ4n) is 2.87. The number of carbonyl (C=O) groups excluding carboxylic acids is 2. The number of hydrogen-bond donors (Lipinski definition) is 1. The number of carbonyl (C=O) groups is 2. The Bertz CT molecular complexity index is 584. The number of nitrogens with one attached hydrogen (secondary N) is 1. The Morgan fingerprint density at radius 2 is 2.19 bits per heavy atom. The van der Waals surface area contributed by atoms with E-state index in [9.17, 15) is 9.59 Å². The molecule has 3 rings (SSSR count). The molecule has 4 nitrogen and oxygen atoms in total. The smallest absolute Gasteiger partial charge is 0.249 e. The summed E-state index contributed by atoms with van der Waals surface area (Å²) in [4.78, 5) is 28.3. The lowest BCUT2D eigenvalue weighted by molar-refractivity contribution is -0.156. The van der Waals surface area contributed by atoms with Crippen LogP contribution in [0.1, 0.15) is 38.0 Å². The summed E-state index contributed by atoms with van der Waals surface area (Å²) in [5.74, 6) is 0.380. The zero-order valence-electron chi connectivity index (χ0n) is 12.2. The Hall–Kier alpha value is -0.880. The molecule has 1 aliphatic heterocycles. The minimum atomic E-state index is -0.772. The molecule has 1 aromatic heterocycles. The third-order valence-corrected chi connectivity index (χ3v) is 6.43. The molecule has 1 aliphatic carbocycles. The normalized spacial score (nSPS) is 29.7. The van der Waals surface area contributed by atoms with Gasteiger partial charge in [0.05, 0.1) is 6.54 Å². The van der Waals surface area contributed by atoms with Gasteiger partial charge in [0.25, 0.3) is 0 Å². The quantitative estimate of drug-likeness (QED) is 0.885. The van der Waals surface area contributed by atoms with Crippen LogP contribution in [0.25, 0.3) is 0 Å². The SMILES string of the molecule is CCC1(C)NC(=O)C(C2CC2)N(Cc2sccc2Br)C1=O. The predicted molar refractivity (Wildman–Crippen MR) is 85.9 cm³/mol. The molecule has 2 heterocycles. The number of thiophene rings is 1. The fraction of sp³-hybridized carbons (Fsp3) is 0.600. The molecule has 0 aromatic carbocycles. The Morgan fingerprint density at radius 3 is 2.71 bits per heavy atom. The number of amides is 2. The largest absolute Gasteiger partial charge is 0.340 e. The second-order valence-electron chi connectivity index (χ2n) is 6.08. The zero-order valence-corrected chi connectivity index (χ0v) is 14.6. The van der Waals surface area contributed by atoms with Crippen LogP contribution in [-0.2, 0) is 16.1 Å². The Kier molecular flexibility index (Phi) is 3.86. The number of nitrogens with zero attached hydrogens (tertiary/aromatic N) is 1. The molecule has 2 aliphatic rings. The molecule has 114 valence electrons. The van der Waals surface area contributed by atoms with E-state index < -0.39 is 5.54 Å². The summed E-state index contributed by atoms with van der Waals surface area (Å²) in [6, 6.07) is 1.69. The maximum atomic E-state index is 12.9. The van der Waals surface area contributed by atoms with Gasteiger partial charge in [-0.1, -0.05) is 6.92 Å². The summed E-state index contributed by atoms with van der Waals surface area (Å²) in [6.45, 7) is 4.28. The molecule has 6 heteroatoms. The van der Waals surface area contributed by atoms with E-state index >= 15 is 0 Å². The second-order valence-corrected chi connectivity index (χ2v) is 7.94. The van der Waals surface area contributed by atoms with Gasteiger partial charge in [-0.25, -0.2) is 0 Å². The van der Waals surface area contributed by atoms with Crippen molar-refractivity contribution in [1.82, 2.24) is 10.2 Å². The first-order valence-corrected chi connectivity index (χ1v) is 8.98. The summed E-state index contributed by atoms with van der Waals surface area (Å²) < 4.78 is 1.01. The molecule has 0 radical (unpaired) electrons. The molecule has 1 aromatic rings. The van der Waals surface area contributed by atoms with Crippen molar-refractivity contribution in [2.45, 2.75) is 51.2 Å². The van der Waals surface area contributed by atoms with E-state index in [0.717, 1.165) is 22.2 Å². The average molecular weight is 371 g/mol. The van der Waals surface area contributed by atoms with Gasteiger partial charge in [0.15, 0.2) is 0 Å². The summed E-state index contributed by atoms with van der Waals surface area (Å²) >= 11 is 5.13. The van der Waals surface area contributed by atoms with Gasteiger partial charge in [-0.15, -0.1) is 11.3 Å². The summed E-state index contributed by atoms with van der Waals surface area (Å²) in [5, 5.41) is 4.95. The van der Waals surface area contributed by atoms with Crippen LogP contribution in [0.2, 0.25) is 0 Å². The van der Waals surface area contributed by atoms with Crippen LogP contribution < -0.4 is 5.32 Å². The van der Waals surface area contributed by atoms with Gasteiger partial charge in [0, 0.05) is 9.35 Å². The highest BCUT2D eigenvalue weighted by Gasteiger charge is 2.51. The van der Waals surface area contributed by atoms with Crippen LogP contribution in [0.4, 0.5) is 0 Å². The lowest BCUT2D eigenvalue weighted by Gasteiger charge is -2.44. The summed E-state index contributed by atoms with van der Waals surface area (Å²) in [7, 11) is 0. The van der Waals surface area contributed by atoms with Gasteiger partial charge in [-0.05, 0) is 59.5 Å². The van der Waals surface area contributed by atoms with E-state index in [1.54, 1.807) is 16.2 Å². The van der Waals surface area contributed by atoms with Gasteiger partial charge >= 0.3 is 0 Å². The highest BCUT2D eigenvalue weighted by Crippen LogP contribution is 2.40. The van der Waals surface area contributed by atoms with E-state index in [-0.39, 0.29) is 17.9 Å². The van der Waals surface area contributed by atoms with Crippen molar-refractivity contribution in [1.29, 1.82) is 0 Å². The minimum absolute atomic E-state index is 0.00845. The molecule has 2 amide bonds. The third kappa shape index (κ3) is 2.63. The Morgan fingerprint density at radius 1 is 1.48 bits per heavy atom. The average Bonchev–Trinajstić information content (AvgIpc) is 3.20. The van der Waals surface area contributed by atoms with Crippen molar-refractivity contribution >= 4 is 39.1 Å². The van der Waals surface area contributed by atoms with Crippen molar-refractivity contribution in [2.24, 2.45) is 5.92 Å². The first-order chi connectivity index (χ1) is 9.96. The first kappa shape index (κ1) is 15.0. The highest BCUT2D eigenvalue weighted by atomic mass is 79.9. The maximum absolute atomic E-state index is 12.9. The van der Waals surface area contributed by atoms with Crippen LogP contribution in [-0.4, -0.2) is 28.3 Å². The lowest BCUT2D eigenvalue weighted by atomic mass is 9.90. The second kappa shape index (κ2) is 5.39. The van der Waals surface area contributed by atoms with Gasteiger partial charge in [-0.2, -0.15) is 0 Å². The molecule has 0 bridgehead atoms. The number of halogens is 1. The molecule has 0 spiro atoms. The molecule has 1 N–H and O–H groups in total. The monoisotopic (exact) mass is 370 g/mol. The summed E-state index contributed by atoms with van der Waals surface area (Å²) in [5.41, 5.74) is -0.772. The van der Waals surface area contributed by atoms with Crippen LogP contribution in [0, 0.1) is 5.92 Å².